The average molecular weight is 515 g/mol. The van der Waals surface area contributed by atoms with E-state index in [-0.39, 0.29) is 0 Å². The maximum atomic E-state index is 2.38. The van der Waals surface area contributed by atoms with Crippen molar-refractivity contribution in [3.8, 4) is 0 Å². The maximum Gasteiger partial charge on any atom is 0.243 e. The first-order valence-corrected chi connectivity index (χ1v) is 16.4. The summed E-state index contributed by atoms with van der Waals surface area (Å²) in [5, 5.41) is 0. The van der Waals surface area contributed by atoms with Crippen molar-refractivity contribution in [3.05, 3.63) is 37.4 Å². The quantitative estimate of drug-likeness (QED) is 0.0881. The first-order valence-electron chi connectivity index (χ1n) is 16.4. The minimum absolute atomic E-state index is 1.10. The maximum absolute atomic E-state index is 2.38. The Labute approximate surface area is 230 Å². The highest BCUT2D eigenvalue weighted by Crippen LogP contribution is 2.12. The Morgan fingerprint density at radius 3 is 1.08 bits per heavy atom. The van der Waals surface area contributed by atoms with Gasteiger partial charge < -0.3 is 0 Å². The van der Waals surface area contributed by atoms with Crippen LogP contribution in [-0.2, 0) is 26.2 Å². The van der Waals surface area contributed by atoms with E-state index >= 15 is 0 Å². The van der Waals surface area contributed by atoms with Crippen LogP contribution in [0, 0.1) is 0 Å². The number of unbranched alkanes of at least 4 members (excludes halogenated alkanes) is 18. The first kappa shape index (κ1) is 31.6. The molecular formula is C33H62N4+2. The molecule has 0 aliphatic rings. The van der Waals surface area contributed by atoms with E-state index in [1.54, 1.807) is 0 Å². The van der Waals surface area contributed by atoms with Crippen LogP contribution in [0.5, 0.6) is 0 Å². The molecule has 0 amide bonds. The lowest BCUT2D eigenvalue weighted by atomic mass is 10.1. The monoisotopic (exact) mass is 514 g/mol. The van der Waals surface area contributed by atoms with Crippen LogP contribution < -0.4 is 9.13 Å². The van der Waals surface area contributed by atoms with Gasteiger partial charge in [0.05, 0.1) is 26.2 Å². The van der Waals surface area contributed by atoms with Crippen LogP contribution in [0.2, 0.25) is 0 Å². The molecule has 4 heteroatoms. The van der Waals surface area contributed by atoms with Gasteiger partial charge in [0.1, 0.15) is 24.8 Å². The molecule has 0 unspecified atom stereocenters. The molecule has 2 aromatic rings. The molecule has 2 heterocycles. The largest absolute Gasteiger partial charge is 0.243 e. The molecule has 0 bridgehead atoms. The fraction of sp³-hybridized carbons (Fsp3) is 0.818. The predicted molar refractivity (Wildman–Crippen MR) is 158 cm³/mol. The normalized spacial score (nSPS) is 11.5. The highest BCUT2D eigenvalue weighted by Gasteiger charge is 2.07. The van der Waals surface area contributed by atoms with E-state index in [1.165, 1.54) is 148 Å². The Morgan fingerprint density at radius 1 is 0.405 bits per heavy atom. The standard InChI is InChI=1S/C33H62N4/c1-3-5-7-9-11-13-15-17-19-21-24-34-28-30-36(32-34)26-23-27-37-31-29-35(33-37)25-22-20-18-16-14-12-10-8-6-4-2/h28-33H,3-27H2,1-2H3/q+2. The van der Waals surface area contributed by atoms with Crippen molar-refractivity contribution in [1.29, 1.82) is 0 Å². The SMILES string of the molecule is CCCCCCCCCCCCn1cc[n+](CCC[n+]2ccn(CCCCCCCCCCCC)c2)c1. The Hall–Kier alpha value is -1.58. The van der Waals surface area contributed by atoms with Crippen LogP contribution in [-0.4, -0.2) is 9.13 Å². The Balaban J connectivity index is 1.43. The van der Waals surface area contributed by atoms with Gasteiger partial charge in [-0.15, -0.1) is 0 Å². The molecule has 0 radical (unpaired) electrons. The van der Waals surface area contributed by atoms with Crippen LogP contribution >= 0.6 is 0 Å². The molecule has 0 saturated carbocycles. The van der Waals surface area contributed by atoms with Crippen molar-refractivity contribution in [1.82, 2.24) is 9.13 Å². The smallest absolute Gasteiger partial charge is 0.237 e. The molecule has 2 rings (SSSR count). The summed E-state index contributed by atoms with van der Waals surface area (Å²) in [6.45, 7) is 9.12. The second-order valence-corrected chi connectivity index (χ2v) is 11.5. The average Bonchev–Trinajstić information content (AvgIpc) is 3.56. The van der Waals surface area contributed by atoms with E-state index in [0.717, 1.165) is 13.1 Å². The number of hydrogen-bond donors (Lipinski definition) is 0. The Morgan fingerprint density at radius 2 is 0.730 bits per heavy atom. The molecule has 0 saturated heterocycles. The molecule has 0 aliphatic heterocycles. The van der Waals surface area contributed by atoms with Gasteiger partial charge in [0.25, 0.3) is 0 Å². The molecule has 2 aromatic heterocycles. The van der Waals surface area contributed by atoms with Gasteiger partial charge >= 0.3 is 0 Å². The van der Waals surface area contributed by atoms with Crippen molar-refractivity contribution >= 4 is 0 Å². The van der Waals surface area contributed by atoms with E-state index in [0.29, 0.717) is 0 Å². The number of aromatic nitrogens is 4. The predicted octanol–water partition coefficient (Wildman–Crippen LogP) is 8.80. The third-order valence-corrected chi connectivity index (χ3v) is 7.86. The van der Waals surface area contributed by atoms with Crippen LogP contribution in [0.15, 0.2) is 37.4 Å². The minimum Gasteiger partial charge on any atom is -0.237 e. The minimum atomic E-state index is 1.10. The van der Waals surface area contributed by atoms with Gasteiger partial charge in [0.15, 0.2) is 0 Å². The van der Waals surface area contributed by atoms with Gasteiger partial charge in [0, 0.05) is 6.42 Å². The zero-order valence-corrected chi connectivity index (χ0v) is 24.9. The molecule has 37 heavy (non-hydrogen) atoms. The number of rotatable bonds is 26. The highest BCUT2D eigenvalue weighted by atomic mass is 15.1. The van der Waals surface area contributed by atoms with Gasteiger partial charge in [-0.1, -0.05) is 117 Å². The fourth-order valence-corrected chi connectivity index (χ4v) is 5.41. The van der Waals surface area contributed by atoms with Crippen LogP contribution in [0.3, 0.4) is 0 Å². The number of hydrogen-bond acceptors (Lipinski definition) is 0. The van der Waals surface area contributed by atoms with E-state index < -0.39 is 0 Å². The summed E-state index contributed by atoms with van der Waals surface area (Å²) in [5.74, 6) is 0. The topological polar surface area (TPSA) is 17.6 Å². The summed E-state index contributed by atoms with van der Waals surface area (Å²) >= 11 is 0. The van der Waals surface area contributed by atoms with Crippen LogP contribution in [0.25, 0.3) is 0 Å². The fourth-order valence-electron chi connectivity index (χ4n) is 5.41. The molecular weight excluding hydrogens is 452 g/mol. The van der Waals surface area contributed by atoms with Crippen LogP contribution in [0.4, 0.5) is 0 Å². The molecule has 0 spiro atoms. The molecule has 4 nitrogen and oxygen atoms in total. The molecule has 0 fully saturated rings. The van der Waals surface area contributed by atoms with Gasteiger partial charge in [0.2, 0.25) is 12.7 Å². The molecule has 0 aromatic carbocycles. The van der Waals surface area contributed by atoms with Crippen molar-refractivity contribution in [2.24, 2.45) is 0 Å². The summed E-state index contributed by atoms with van der Waals surface area (Å²) in [5.41, 5.74) is 0. The lowest BCUT2D eigenvalue weighted by molar-refractivity contribution is -0.726. The molecule has 0 atom stereocenters. The summed E-state index contributed by atoms with van der Waals surface area (Å²) < 4.78 is 9.47. The van der Waals surface area contributed by atoms with E-state index in [4.69, 9.17) is 0 Å². The second kappa shape index (κ2) is 22.4. The third-order valence-electron chi connectivity index (χ3n) is 7.86. The highest BCUT2D eigenvalue weighted by molar-refractivity contribution is 4.67. The first-order chi connectivity index (χ1) is 18.3. The summed E-state index contributed by atoms with van der Waals surface area (Å²) in [4.78, 5) is 0. The summed E-state index contributed by atoms with van der Waals surface area (Å²) in [6.07, 6.45) is 42.9. The van der Waals surface area contributed by atoms with Gasteiger partial charge in [-0.3, -0.25) is 0 Å². The third kappa shape index (κ3) is 16.8. The van der Waals surface area contributed by atoms with Gasteiger partial charge in [-0.2, -0.15) is 0 Å². The molecule has 0 aliphatic carbocycles. The molecule has 212 valence electrons. The van der Waals surface area contributed by atoms with Gasteiger partial charge in [-0.05, 0) is 25.7 Å². The van der Waals surface area contributed by atoms with Crippen molar-refractivity contribution in [2.45, 2.75) is 175 Å². The second-order valence-electron chi connectivity index (χ2n) is 11.5. The number of nitrogens with zero attached hydrogens (tertiary/aromatic N) is 4. The van der Waals surface area contributed by atoms with Gasteiger partial charge in [-0.25, -0.2) is 18.3 Å². The summed E-state index contributed by atoms with van der Waals surface area (Å²) in [7, 11) is 0. The van der Waals surface area contributed by atoms with E-state index in [1.807, 2.05) is 0 Å². The van der Waals surface area contributed by atoms with Crippen molar-refractivity contribution < 1.29 is 9.13 Å². The Kier molecular flexibility index (Phi) is 19.2. The van der Waals surface area contributed by atoms with E-state index in [2.05, 4.69) is 69.6 Å². The lowest BCUT2D eigenvalue weighted by Gasteiger charge is -2.01. The van der Waals surface area contributed by atoms with E-state index in [9.17, 15) is 0 Å². The van der Waals surface area contributed by atoms with Crippen LogP contribution in [0.1, 0.15) is 149 Å². The Bertz CT molecular complexity index is 685. The van der Waals surface area contributed by atoms with Crippen molar-refractivity contribution in [3.63, 3.8) is 0 Å². The summed E-state index contributed by atoms with van der Waals surface area (Å²) in [6, 6.07) is 0. The van der Waals surface area contributed by atoms with Crippen molar-refractivity contribution in [2.75, 3.05) is 0 Å². The number of imidazole rings is 2. The zero-order valence-electron chi connectivity index (χ0n) is 24.9. The number of aryl methyl sites for hydroxylation is 4. The zero-order chi connectivity index (χ0) is 26.2. The lowest BCUT2D eigenvalue weighted by Crippen LogP contribution is -2.37. The molecule has 0 N–H and O–H groups in total.